The Kier molecular flexibility index (Phi) is 30.9. The van der Waals surface area contributed by atoms with Gasteiger partial charge in [-0.1, -0.05) is 94.6 Å². The van der Waals surface area contributed by atoms with Gasteiger partial charge in [0.15, 0.2) is 11.6 Å². The molecule has 0 unspecified atom stereocenters. The van der Waals surface area contributed by atoms with E-state index < -0.39 is 11.2 Å². The van der Waals surface area contributed by atoms with Gasteiger partial charge in [0.25, 0.3) is 0 Å². The highest BCUT2D eigenvalue weighted by Crippen LogP contribution is 2.29. The molecule has 67 heavy (non-hydrogen) atoms. The fourth-order valence-corrected chi connectivity index (χ4v) is 5.86. The Balaban J connectivity index is 0.000000494. The van der Waals surface area contributed by atoms with Gasteiger partial charge in [0.05, 0.1) is 47.3 Å². The van der Waals surface area contributed by atoms with Gasteiger partial charge in [0.2, 0.25) is 5.24 Å². The van der Waals surface area contributed by atoms with E-state index in [1.807, 2.05) is 84.9 Å². The highest BCUT2D eigenvalue weighted by atomic mass is 35.5. The molecular formula is C54H72ClNO11. The molecule has 1 heterocycles. The summed E-state index contributed by atoms with van der Waals surface area (Å²) < 4.78 is 31.6. The summed E-state index contributed by atoms with van der Waals surface area (Å²) in [5, 5.41) is 8.33. The molecule has 12 nitrogen and oxygen atoms in total. The quantitative estimate of drug-likeness (QED) is 0.0296. The molecule has 5 rings (SSSR count). The number of aliphatic hydroxyl groups excluding tert-OH is 1. The summed E-state index contributed by atoms with van der Waals surface area (Å²) in [7, 11) is 3.22. The zero-order chi connectivity index (χ0) is 50.1. The minimum absolute atomic E-state index is 0.00544. The van der Waals surface area contributed by atoms with Gasteiger partial charge in [-0.15, -0.1) is 0 Å². The SMILES string of the molecule is C1CCOC1.C=C(C)C(=O)Cl.C=C(C)C(=O)OCCOCc1cc(-c2ccc(C(C)=O)cc2)ccc1OC.CCN(CC)CC.COc1ccc(-c2ccc(C(C)=O)cc2)cc1COCCO. The lowest BCUT2D eigenvalue weighted by molar-refractivity contribution is -0.140. The third kappa shape index (κ3) is 24.2. The Hall–Kier alpha value is -5.47. The van der Waals surface area contributed by atoms with E-state index in [0.717, 1.165) is 58.1 Å². The molecule has 0 saturated carbocycles. The number of aliphatic hydroxyl groups is 1. The number of nitrogens with zero attached hydrogens (tertiary/aromatic N) is 1. The van der Waals surface area contributed by atoms with Crippen molar-refractivity contribution in [1.82, 2.24) is 4.90 Å². The summed E-state index contributed by atoms with van der Waals surface area (Å²) in [6.07, 6.45) is 2.56. The van der Waals surface area contributed by atoms with Crippen LogP contribution in [0.1, 0.15) is 93.2 Å². The first-order chi connectivity index (χ1) is 32.1. The van der Waals surface area contributed by atoms with Crippen molar-refractivity contribution in [3.05, 3.63) is 131 Å². The first-order valence-corrected chi connectivity index (χ1v) is 22.8. The zero-order valence-corrected chi connectivity index (χ0v) is 41.8. The van der Waals surface area contributed by atoms with Crippen molar-refractivity contribution < 1.29 is 52.7 Å². The molecule has 1 N–H and O–H groups in total. The van der Waals surface area contributed by atoms with E-state index in [-0.39, 0.29) is 31.4 Å². The Labute approximate surface area is 403 Å². The van der Waals surface area contributed by atoms with Crippen LogP contribution in [0.3, 0.4) is 0 Å². The Morgan fingerprint density at radius 2 is 1.00 bits per heavy atom. The number of allylic oxidation sites excluding steroid dienone is 1. The van der Waals surface area contributed by atoms with E-state index in [1.54, 1.807) is 41.9 Å². The average Bonchev–Trinajstić information content (AvgIpc) is 3.93. The number of Topliss-reactive ketones (excluding diaryl/α,β-unsaturated/α-hetero) is 2. The molecule has 0 aromatic heterocycles. The molecule has 1 aliphatic rings. The van der Waals surface area contributed by atoms with E-state index >= 15 is 0 Å². The smallest absolute Gasteiger partial charge is 0.333 e. The van der Waals surface area contributed by atoms with Gasteiger partial charge in [-0.05, 0) is 118 Å². The molecule has 4 aromatic carbocycles. The molecule has 1 fully saturated rings. The van der Waals surface area contributed by atoms with E-state index in [4.69, 9.17) is 45.1 Å². The number of ether oxygens (including phenoxy) is 6. The average molecular weight is 947 g/mol. The Morgan fingerprint density at radius 1 is 0.612 bits per heavy atom. The predicted octanol–water partition coefficient (Wildman–Crippen LogP) is 10.7. The number of esters is 1. The molecule has 1 saturated heterocycles. The summed E-state index contributed by atoms with van der Waals surface area (Å²) in [6.45, 7) is 26.6. The van der Waals surface area contributed by atoms with E-state index in [1.165, 1.54) is 32.5 Å². The minimum atomic E-state index is -0.463. The number of hydrogen-bond donors (Lipinski definition) is 1. The monoisotopic (exact) mass is 945 g/mol. The Bertz CT molecular complexity index is 2080. The molecule has 1 aliphatic heterocycles. The zero-order valence-electron chi connectivity index (χ0n) is 41.0. The van der Waals surface area contributed by atoms with Crippen LogP contribution >= 0.6 is 11.6 Å². The van der Waals surface area contributed by atoms with Gasteiger partial charge in [0, 0.05) is 46.6 Å². The van der Waals surface area contributed by atoms with Crippen molar-refractivity contribution in [2.24, 2.45) is 0 Å². The summed E-state index contributed by atoms with van der Waals surface area (Å²) in [6, 6.07) is 26.7. The van der Waals surface area contributed by atoms with Gasteiger partial charge in [0.1, 0.15) is 18.1 Å². The van der Waals surface area contributed by atoms with Crippen LogP contribution < -0.4 is 9.47 Å². The van der Waals surface area contributed by atoms with E-state index in [0.29, 0.717) is 42.1 Å². The number of hydrogen-bond acceptors (Lipinski definition) is 12. The topological polar surface area (TPSA) is 147 Å². The van der Waals surface area contributed by atoms with Crippen LogP contribution in [0, 0.1) is 0 Å². The lowest BCUT2D eigenvalue weighted by atomic mass is 10.0. The fourth-order valence-electron chi connectivity index (χ4n) is 5.86. The van der Waals surface area contributed by atoms with Crippen molar-refractivity contribution in [3.8, 4) is 33.8 Å². The number of benzene rings is 4. The maximum atomic E-state index is 11.4. The molecule has 4 aromatic rings. The minimum Gasteiger partial charge on any atom is -0.496 e. The number of ketones is 2. The van der Waals surface area contributed by atoms with Gasteiger partial charge < -0.3 is 38.4 Å². The van der Waals surface area contributed by atoms with Crippen molar-refractivity contribution >= 4 is 34.4 Å². The molecule has 0 bridgehead atoms. The Morgan fingerprint density at radius 3 is 1.28 bits per heavy atom. The first-order valence-electron chi connectivity index (χ1n) is 22.4. The van der Waals surface area contributed by atoms with Gasteiger partial charge in [-0.3, -0.25) is 14.4 Å². The fraction of sp³-hybridized carbons (Fsp3) is 0.407. The van der Waals surface area contributed by atoms with Crippen LogP contribution in [0.15, 0.2) is 109 Å². The summed E-state index contributed by atoms with van der Waals surface area (Å²) >= 11 is 4.87. The van der Waals surface area contributed by atoms with Crippen molar-refractivity contribution in [3.63, 3.8) is 0 Å². The van der Waals surface area contributed by atoms with E-state index in [9.17, 15) is 19.2 Å². The second-order valence-electron chi connectivity index (χ2n) is 15.1. The van der Waals surface area contributed by atoms with Crippen molar-refractivity contribution in [2.75, 3.05) is 73.5 Å². The summed E-state index contributed by atoms with van der Waals surface area (Å²) in [4.78, 5) is 46.2. The summed E-state index contributed by atoms with van der Waals surface area (Å²) in [5.74, 6) is 1.14. The van der Waals surface area contributed by atoms with Gasteiger partial charge in [-0.2, -0.15) is 0 Å². The van der Waals surface area contributed by atoms with Crippen molar-refractivity contribution in [1.29, 1.82) is 0 Å². The lowest BCUT2D eigenvalue weighted by Gasteiger charge is -2.13. The highest BCUT2D eigenvalue weighted by molar-refractivity contribution is 6.67. The third-order valence-electron chi connectivity index (χ3n) is 9.87. The predicted molar refractivity (Wildman–Crippen MR) is 268 cm³/mol. The highest BCUT2D eigenvalue weighted by Gasteiger charge is 2.10. The third-order valence-corrected chi connectivity index (χ3v) is 10.2. The van der Waals surface area contributed by atoms with Gasteiger partial charge in [-0.25, -0.2) is 4.79 Å². The largest absolute Gasteiger partial charge is 0.496 e. The molecule has 0 amide bonds. The standard InChI is InChI=1S/C22H24O5.C18H20O4.C6H15N.C4H5ClO.C4H8O/c1-15(2)22(24)27-12-11-26-14-20-13-19(9-10-21(20)25-4)18-7-5-17(6-8-18)16(3)23;1-13(20)14-3-5-15(6-4-14)16-7-8-18(21-2)17(11-16)12-22-10-9-19;1-4-7(5-2)6-3;1-3(2)4(5)6;1-2-4-5-3-1/h5-10,13H,1,11-12,14H2,2-4H3;3-8,11,19H,9-10,12H2,1-2H3;4-6H2,1-3H3;1H2,2H3;1-4H2. The second-order valence-corrected chi connectivity index (χ2v) is 15.4. The molecule has 13 heteroatoms. The molecule has 0 aliphatic carbocycles. The maximum absolute atomic E-state index is 11.4. The van der Waals surface area contributed by atoms with Crippen LogP contribution in [-0.2, 0) is 41.8 Å². The maximum Gasteiger partial charge on any atom is 0.333 e. The van der Waals surface area contributed by atoms with Crippen LogP contribution in [0.2, 0.25) is 0 Å². The van der Waals surface area contributed by atoms with Crippen molar-refractivity contribution in [2.45, 2.75) is 74.5 Å². The normalized spacial score (nSPS) is 11.2. The number of carbonyl (C=O) groups is 4. The second kappa shape index (κ2) is 34.8. The summed E-state index contributed by atoms with van der Waals surface area (Å²) in [5.41, 5.74) is 7.98. The molecule has 366 valence electrons. The van der Waals surface area contributed by atoms with E-state index in [2.05, 4.69) is 38.8 Å². The molecule has 0 radical (unpaired) electrons. The number of carbonyl (C=O) groups excluding carboxylic acids is 4. The van der Waals surface area contributed by atoms with Crippen LogP contribution in [-0.4, -0.2) is 106 Å². The van der Waals surface area contributed by atoms with Crippen LogP contribution in [0.25, 0.3) is 22.3 Å². The molecule has 0 atom stereocenters. The number of methoxy groups -OCH3 is 2. The number of rotatable bonds is 20. The van der Waals surface area contributed by atoms with Gasteiger partial charge >= 0.3 is 5.97 Å². The van der Waals surface area contributed by atoms with Crippen LogP contribution in [0.5, 0.6) is 11.5 Å². The molecular weight excluding hydrogens is 874 g/mol. The first kappa shape index (κ1) is 59.5. The number of halogens is 1. The lowest BCUT2D eigenvalue weighted by Crippen LogP contribution is -2.21. The molecule has 0 spiro atoms. The van der Waals surface area contributed by atoms with Crippen LogP contribution in [0.4, 0.5) is 0 Å².